The van der Waals surface area contributed by atoms with E-state index in [0.717, 1.165) is 0 Å². The third kappa shape index (κ3) is 3.01. The quantitative estimate of drug-likeness (QED) is 0.822. The topological polar surface area (TPSA) is 63.8 Å². The Hall–Kier alpha value is -2.01. The molecule has 0 spiro atoms. The number of rotatable bonds is 4. The van der Waals surface area contributed by atoms with E-state index in [1.165, 1.54) is 11.1 Å². The normalized spacial score (nSPS) is 10.1. The number of hydrogen-bond donors (Lipinski definition) is 2. The average molecular weight is 258 g/mol. The van der Waals surface area contributed by atoms with Crippen LogP contribution in [0.2, 0.25) is 0 Å². The van der Waals surface area contributed by atoms with Gasteiger partial charge in [-0.25, -0.2) is 9.97 Å². The highest BCUT2D eigenvalue weighted by Gasteiger charge is 2.06. The summed E-state index contributed by atoms with van der Waals surface area (Å²) in [4.78, 5) is 8.56. The molecule has 0 atom stereocenters. The molecule has 2 rings (SSSR count). The molecule has 5 heteroatoms. The van der Waals surface area contributed by atoms with Gasteiger partial charge in [-0.1, -0.05) is 42.0 Å². The van der Waals surface area contributed by atoms with E-state index in [-0.39, 0.29) is 4.99 Å². The molecule has 0 radical (unpaired) electrons. The fourth-order valence-corrected chi connectivity index (χ4v) is 1.80. The fraction of sp³-hybridized carbons (Fsp3) is 0.154. The van der Waals surface area contributed by atoms with Crippen LogP contribution in [-0.2, 0) is 6.54 Å². The molecule has 0 aliphatic heterocycles. The summed E-state index contributed by atoms with van der Waals surface area (Å²) in [7, 11) is 0. The Balaban J connectivity index is 2.13. The molecule has 0 fully saturated rings. The molecule has 1 aromatic heterocycles. The fourth-order valence-electron chi connectivity index (χ4n) is 1.66. The molecule has 4 nitrogen and oxygen atoms in total. The highest BCUT2D eigenvalue weighted by atomic mass is 32.1. The molecule has 2 aromatic rings. The number of benzene rings is 1. The van der Waals surface area contributed by atoms with Crippen molar-refractivity contribution in [2.24, 2.45) is 5.73 Å². The first-order valence-electron chi connectivity index (χ1n) is 5.57. The summed E-state index contributed by atoms with van der Waals surface area (Å²) in [5.74, 6) is 0.617. The lowest BCUT2D eigenvalue weighted by molar-refractivity contribution is 1.07. The van der Waals surface area contributed by atoms with Crippen LogP contribution in [0.4, 0.5) is 5.82 Å². The summed E-state index contributed by atoms with van der Waals surface area (Å²) >= 11 is 4.94. The monoisotopic (exact) mass is 258 g/mol. The van der Waals surface area contributed by atoms with Gasteiger partial charge in [-0.05, 0) is 12.5 Å². The van der Waals surface area contributed by atoms with Gasteiger partial charge in [0.05, 0.1) is 0 Å². The summed E-state index contributed by atoms with van der Waals surface area (Å²) in [5, 5.41) is 3.20. The maximum atomic E-state index is 5.60. The van der Waals surface area contributed by atoms with Crippen molar-refractivity contribution in [1.29, 1.82) is 0 Å². The molecule has 1 heterocycles. The first-order chi connectivity index (χ1) is 8.66. The van der Waals surface area contributed by atoms with Crippen LogP contribution in [0.25, 0.3) is 0 Å². The molecule has 1 aromatic carbocycles. The second-order valence-corrected chi connectivity index (χ2v) is 4.40. The second-order valence-electron chi connectivity index (χ2n) is 3.96. The summed E-state index contributed by atoms with van der Waals surface area (Å²) in [6.07, 6.45) is 3.19. The van der Waals surface area contributed by atoms with Crippen molar-refractivity contribution in [3.05, 3.63) is 53.5 Å². The molecule has 0 saturated heterocycles. The van der Waals surface area contributed by atoms with Crippen molar-refractivity contribution in [2.45, 2.75) is 13.5 Å². The van der Waals surface area contributed by atoms with E-state index in [1.54, 1.807) is 12.4 Å². The molecule has 0 aliphatic carbocycles. The number of nitrogens with zero attached hydrogens (tertiary/aromatic N) is 2. The Morgan fingerprint density at radius 3 is 2.83 bits per heavy atom. The average Bonchev–Trinajstić information content (AvgIpc) is 2.37. The van der Waals surface area contributed by atoms with Crippen molar-refractivity contribution < 1.29 is 0 Å². The molecule has 0 saturated carbocycles. The van der Waals surface area contributed by atoms with Gasteiger partial charge in [-0.3, -0.25) is 0 Å². The lowest BCUT2D eigenvalue weighted by Gasteiger charge is -2.09. The Bertz CT molecular complexity index is 568. The van der Waals surface area contributed by atoms with Crippen LogP contribution in [0.1, 0.15) is 16.8 Å². The van der Waals surface area contributed by atoms with Gasteiger partial charge < -0.3 is 11.1 Å². The number of hydrogen-bond acceptors (Lipinski definition) is 4. The molecule has 0 amide bonds. The lowest BCUT2D eigenvalue weighted by Crippen LogP contribution is -2.16. The molecular formula is C13H14N4S. The van der Waals surface area contributed by atoms with Crippen LogP contribution in [0.15, 0.2) is 36.7 Å². The molecular weight excluding hydrogens is 244 g/mol. The van der Waals surface area contributed by atoms with Gasteiger partial charge in [0, 0.05) is 18.9 Å². The van der Waals surface area contributed by atoms with Gasteiger partial charge in [0.1, 0.15) is 10.7 Å². The number of thiocarbonyl (C=S) groups is 1. The zero-order chi connectivity index (χ0) is 13.0. The predicted molar refractivity (Wildman–Crippen MR) is 76.4 cm³/mol. The highest BCUT2D eigenvalue weighted by molar-refractivity contribution is 7.80. The lowest BCUT2D eigenvalue weighted by atomic mass is 10.1. The second kappa shape index (κ2) is 5.55. The number of nitrogens with two attached hydrogens (primary N) is 1. The first kappa shape index (κ1) is 12.4. The molecule has 92 valence electrons. The van der Waals surface area contributed by atoms with Crippen molar-refractivity contribution in [3.63, 3.8) is 0 Å². The van der Waals surface area contributed by atoms with Crippen LogP contribution in [0, 0.1) is 6.92 Å². The Kier molecular flexibility index (Phi) is 3.84. The number of aryl methyl sites for hydroxylation is 1. The SMILES string of the molecule is Cc1cccc(CNc2nccnc2C(N)=S)c1. The molecule has 18 heavy (non-hydrogen) atoms. The third-order valence-corrected chi connectivity index (χ3v) is 2.67. The van der Waals surface area contributed by atoms with E-state index < -0.39 is 0 Å². The zero-order valence-electron chi connectivity index (χ0n) is 10.1. The summed E-state index contributed by atoms with van der Waals surface area (Å²) in [6.45, 7) is 2.72. The molecule has 3 N–H and O–H groups in total. The maximum Gasteiger partial charge on any atom is 0.155 e. The summed E-state index contributed by atoms with van der Waals surface area (Å²) in [5.41, 5.74) is 8.53. The van der Waals surface area contributed by atoms with Crippen LogP contribution >= 0.6 is 12.2 Å². The smallest absolute Gasteiger partial charge is 0.155 e. The Morgan fingerprint density at radius 2 is 2.11 bits per heavy atom. The largest absolute Gasteiger partial charge is 0.388 e. The predicted octanol–water partition coefficient (Wildman–Crippen LogP) is 2.03. The van der Waals surface area contributed by atoms with Gasteiger partial charge in [-0.2, -0.15) is 0 Å². The molecule has 0 aliphatic rings. The van der Waals surface area contributed by atoms with Crippen LogP contribution in [0.5, 0.6) is 0 Å². The van der Waals surface area contributed by atoms with Gasteiger partial charge >= 0.3 is 0 Å². The van der Waals surface area contributed by atoms with E-state index in [1.807, 2.05) is 6.07 Å². The minimum atomic E-state index is 0.245. The van der Waals surface area contributed by atoms with Crippen LogP contribution in [-0.4, -0.2) is 15.0 Å². The number of anilines is 1. The maximum absolute atomic E-state index is 5.60. The summed E-state index contributed by atoms with van der Waals surface area (Å²) in [6, 6.07) is 8.25. The third-order valence-electron chi connectivity index (χ3n) is 2.47. The van der Waals surface area contributed by atoms with Gasteiger partial charge in [0.15, 0.2) is 5.82 Å². The number of aromatic nitrogens is 2. The minimum Gasteiger partial charge on any atom is -0.388 e. The van der Waals surface area contributed by atoms with E-state index in [4.69, 9.17) is 18.0 Å². The van der Waals surface area contributed by atoms with Gasteiger partial charge in [0.2, 0.25) is 0 Å². The van der Waals surface area contributed by atoms with Crippen molar-refractivity contribution >= 4 is 23.0 Å². The molecule has 0 bridgehead atoms. The molecule has 0 unspecified atom stereocenters. The number of nitrogens with one attached hydrogen (secondary N) is 1. The van der Waals surface area contributed by atoms with E-state index in [0.29, 0.717) is 18.1 Å². The van der Waals surface area contributed by atoms with Crippen molar-refractivity contribution in [3.8, 4) is 0 Å². The van der Waals surface area contributed by atoms with E-state index >= 15 is 0 Å². The van der Waals surface area contributed by atoms with Crippen molar-refractivity contribution in [1.82, 2.24) is 9.97 Å². The zero-order valence-corrected chi connectivity index (χ0v) is 10.9. The highest BCUT2D eigenvalue weighted by Crippen LogP contribution is 2.11. The van der Waals surface area contributed by atoms with E-state index in [9.17, 15) is 0 Å². The van der Waals surface area contributed by atoms with Gasteiger partial charge in [0.25, 0.3) is 0 Å². The van der Waals surface area contributed by atoms with E-state index in [2.05, 4.69) is 40.4 Å². The van der Waals surface area contributed by atoms with Crippen LogP contribution in [0.3, 0.4) is 0 Å². The minimum absolute atomic E-state index is 0.245. The van der Waals surface area contributed by atoms with Crippen LogP contribution < -0.4 is 11.1 Å². The van der Waals surface area contributed by atoms with Gasteiger partial charge in [-0.15, -0.1) is 0 Å². The first-order valence-corrected chi connectivity index (χ1v) is 5.98. The van der Waals surface area contributed by atoms with Crippen molar-refractivity contribution in [2.75, 3.05) is 5.32 Å². The Labute approximate surface area is 111 Å². The Morgan fingerprint density at radius 1 is 1.33 bits per heavy atom. The summed E-state index contributed by atoms with van der Waals surface area (Å²) < 4.78 is 0. The standard InChI is InChI=1S/C13H14N4S/c1-9-3-2-4-10(7-9)8-17-13-11(12(14)18)15-5-6-16-13/h2-7H,8H2,1H3,(H2,14,18)(H,16,17).